The van der Waals surface area contributed by atoms with Crippen molar-refractivity contribution in [3.05, 3.63) is 51.5 Å². The van der Waals surface area contributed by atoms with Crippen LogP contribution in [0.4, 0.5) is 13.2 Å². The average molecular weight is 450 g/mol. The molecule has 4 rings (SSSR count). The Balaban J connectivity index is 1.44. The Morgan fingerprint density at radius 1 is 1.29 bits per heavy atom. The van der Waals surface area contributed by atoms with Gasteiger partial charge in [-0.3, -0.25) is 4.90 Å². The minimum atomic E-state index is -4.39. The number of nitrogens with zero attached hydrogens (tertiary/aromatic N) is 3. The van der Waals surface area contributed by atoms with Crippen molar-refractivity contribution in [1.82, 2.24) is 9.88 Å². The van der Waals surface area contributed by atoms with Crippen LogP contribution in [0.25, 0.3) is 0 Å². The summed E-state index contributed by atoms with van der Waals surface area (Å²) >= 11 is 1.07. The number of hydrogen-bond acceptors (Lipinski definition) is 5. The average Bonchev–Trinajstić information content (AvgIpc) is 3.33. The summed E-state index contributed by atoms with van der Waals surface area (Å²) in [6.45, 7) is 6.26. The fraction of sp³-hybridized carbons (Fsp3) is 0.565. The van der Waals surface area contributed by atoms with Crippen LogP contribution in [0.15, 0.2) is 29.6 Å². The summed E-state index contributed by atoms with van der Waals surface area (Å²) in [5.41, 5.74) is 0.897. The second-order valence-corrected chi connectivity index (χ2v) is 10.3. The summed E-state index contributed by atoms with van der Waals surface area (Å²) in [5, 5.41) is 10.6. The van der Waals surface area contributed by atoms with Crippen molar-refractivity contribution in [2.75, 3.05) is 13.1 Å². The number of rotatable bonds is 6. The molecule has 0 unspecified atom stereocenters. The highest BCUT2D eigenvalue weighted by Crippen LogP contribution is 2.49. The lowest BCUT2D eigenvalue weighted by Gasteiger charge is -2.52. The maximum atomic E-state index is 12.9. The van der Waals surface area contributed by atoms with Gasteiger partial charge >= 0.3 is 6.18 Å². The molecule has 0 aliphatic carbocycles. The molecule has 2 aromatic rings. The summed E-state index contributed by atoms with van der Waals surface area (Å²) in [7, 11) is 0. The van der Waals surface area contributed by atoms with Crippen molar-refractivity contribution in [3.63, 3.8) is 0 Å². The van der Waals surface area contributed by atoms with Gasteiger partial charge in [-0.2, -0.15) is 18.4 Å². The largest absolute Gasteiger partial charge is 0.434 e. The number of benzene rings is 1. The molecule has 8 heteroatoms. The van der Waals surface area contributed by atoms with Crippen LogP contribution in [0.2, 0.25) is 0 Å². The normalized spacial score (nSPS) is 25.9. The van der Waals surface area contributed by atoms with Crippen LogP contribution in [-0.2, 0) is 23.9 Å². The molecule has 2 fully saturated rings. The van der Waals surface area contributed by atoms with Gasteiger partial charge in [0, 0.05) is 23.8 Å². The maximum absolute atomic E-state index is 12.9. The standard InChI is InChI=1S/C23H26F3N3OS/c1-21(2)11-19(30-21)22(8-7-16-3-5-17(12-27)6-4-16)9-10-29(15-22)13-20-28-18(14-31-20)23(24,25)26/h3-6,14,19H,7-11,13,15H2,1-2H3/t19-,22-/m1/s1. The summed E-state index contributed by atoms with van der Waals surface area (Å²) in [6.07, 6.45) is -0.453. The Labute approximate surface area is 184 Å². The molecule has 0 radical (unpaired) electrons. The number of aryl methyl sites for hydroxylation is 1. The molecule has 2 atom stereocenters. The van der Waals surface area contributed by atoms with Gasteiger partial charge in [-0.05, 0) is 57.4 Å². The van der Waals surface area contributed by atoms with E-state index in [1.165, 1.54) is 5.56 Å². The van der Waals surface area contributed by atoms with E-state index in [0.29, 0.717) is 17.1 Å². The lowest BCUT2D eigenvalue weighted by Crippen LogP contribution is -2.55. The molecule has 166 valence electrons. The molecule has 2 aliphatic rings. The van der Waals surface area contributed by atoms with Crippen LogP contribution in [0, 0.1) is 16.7 Å². The smallest absolute Gasteiger partial charge is 0.372 e. The Morgan fingerprint density at radius 3 is 2.58 bits per heavy atom. The first-order chi connectivity index (χ1) is 14.6. The van der Waals surface area contributed by atoms with Gasteiger partial charge in [-0.1, -0.05) is 12.1 Å². The van der Waals surface area contributed by atoms with E-state index in [0.717, 1.165) is 55.5 Å². The molecule has 1 aromatic heterocycles. The number of halogens is 3. The van der Waals surface area contributed by atoms with Crippen molar-refractivity contribution in [3.8, 4) is 6.07 Å². The number of hydrogen-bond donors (Lipinski definition) is 0. The maximum Gasteiger partial charge on any atom is 0.434 e. The highest BCUT2D eigenvalue weighted by molar-refractivity contribution is 7.09. The van der Waals surface area contributed by atoms with Gasteiger partial charge in [0.25, 0.3) is 0 Å². The zero-order valence-electron chi connectivity index (χ0n) is 17.7. The summed E-state index contributed by atoms with van der Waals surface area (Å²) < 4.78 is 44.9. The third-order valence-electron chi connectivity index (χ3n) is 6.48. The molecular formula is C23H26F3N3OS. The Hall–Kier alpha value is -1.95. The fourth-order valence-electron chi connectivity index (χ4n) is 4.75. The van der Waals surface area contributed by atoms with Crippen LogP contribution in [-0.4, -0.2) is 34.7 Å². The van der Waals surface area contributed by atoms with E-state index in [2.05, 4.69) is 29.8 Å². The van der Waals surface area contributed by atoms with Gasteiger partial charge in [0.1, 0.15) is 5.01 Å². The molecule has 1 aromatic carbocycles. The van der Waals surface area contributed by atoms with Gasteiger partial charge in [0.2, 0.25) is 0 Å². The first-order valence-corrected chi connectivity index (χ1v) is 11.4. The topological polar surface area (TPSA) is 49.2 Å². The molecule has 0 amide bonds. The van der Waals surface area contributed by atoms with Crippen LogP contribution >= 0.6 is 11.3 Å². The summed E-state index contributed by atoms with van der Waals surface area (Å²) in [6, 6.07) is 9.82. The monoisotopic (exact) mass is 449 g/mol. The highest BCUT2D eigenvalue weighted by Gasteiger charge is 2.52. The predicted molar refractivity (Wildman–Crippen MR) is 112 cm³/mol. The molecule has 0 saturated carbocycles. The summed E-state index contributed by atoms with van der Waals surface area (Å²) in [4.78, 5) is 6.01. The van der Waals surface area contributed by atoms with E-state index in [1.54, 1.807) is 0 Å². The first kappa shape index (κ1) is 22.3. The van der Waals surface area contributed by atoms with Crippen molar-refractivity contribution in [2.45, 2.75) is 64.0 Å². The Kier molecular flexibility index (Phi) is 5.88. The lowest BCUT2D eigenvalue weighted by atomic mass is 9.70. The SMILES string of the molecule is CC1(C)C[C@H]([C@]2(CCc3ccc(C#N)cc3)CCN(Cc3nc(C(F)(F)F)cs3)C2)O1. The van der Waals surface area contributed by atoms with Gasteiger partial charge in [-0.25, -0.2) is 4.98 Å². The number of nitriles is 1. The minimum Gasteiger partial charge on any atom is -0.372 e. The summed E-state index contributed by atoms with van der Waals surface area (Å²) in [5.74, 6) is 0. The van der Waals surface area contributed by atoms with E-state index in [-0.39, 0.29) is 17.1 Å². The number of thiazole rings is 1. The quantitative estimate of drug-likeness (QED) is 0.590. The number of likely N-dealkylation sites (tertiary alicyclic amines) is 1. The van der Waals surface area contributed by atoms with Crippen LogP contribution in [0.1, 0.15) is 54.9 Å². The van der Waals surface area contributed by atoms with Crippen molar-refractivity contribution >= 4 is 11.3 Å². The van der Waals surface area contributed by atoms with Crippen LogP contribution in [0.5, 0.6) is 0 Å². The van der Waals surface area contributed by atoms with E-state index < -0.39 is 11.9 Å². The second kappa shape index (κ2) is 8.19. The van der Waals surface area contributed by atoms with Crippen molar-refractivity contribution < 1.29 is 17.9 Å². The van der Waals surface area contributed by atoms with E-state index in [9.17, 15) is 13.2 Å². The third kappa shape index (κ3) is 4.94. The number of ether oxygens (including phenoxy) is 1. The van der Waals surface area contributed by atoms with Gasteiger partial charge < -0.3 is 4.74 Å². The van der Waals surface area contributed by atoms with Crippen molar-refractivity contribution in [2.24, 2.45) is 5.41 Å². The number of alkyl halides is 3. The number of aromatic nitrogens is 1. The molecule has 2 saturated heterocycles. The predicted octanol–water partition coefficient (Wildman–Crippen LogP) is 5.43. The van der Waals surface area contributed by atoms with Crippen LogP contribution in [0.3, 0.4) is 0 Å². The Bertz CT molecular complexity index is 956. The van der Waals surface area contributed by atoms with Gasteiger partial charge in [0.15, 0.2) is 5.69 Å². The van der Waals surface area contributed by atoms with E-state index in [1.807, 2.05) is 24.3 Å². The van der Waals surface area contributed by atoms with Crippen molar-refractivity contribution in [1.29, 1.82) is 5.26 Å². The zero-order chi connectivity index (χ0) is 22.3. The molecule has 4 nitrogen and oxygen atoms in total. The van der Waals surface area contributed by atoms with Crippen LogP contribution < -0.4 is 0 Å². The lowest BCUT2D eigenvalue weighted by molar-refractivity contribution is -0.230. The highest BCUT2D eigenvalue weighted by atomic mass is 32.1. The molecule has 0 spiro atoms. The van der Waals surface area contributed by atoms with E-state index >= 15 is 0 Å². The minimum absolute atomic E-state index is 0.0203. The molecule has 0 bridgehead atoms. The van der Waals surface area contributed by atoms with Gasteiger partial charge in [-0.15, -0.1) is 11.3 Å². The molecule has 3 heterocycles. The molecule has 0 N–H and O–H groups in total. The van der Waals surface area contributed by atoms with E-state index in [4.69, 9.17) is 10.00 Å². The molecule has 2 aliphatic heterocycles. The second-order valence-electron chi connectivity index (χ2n) is 9.33. The third-order valence-corrected chi connectivity index (χ3v) is 7.31. The first-order valence-electron chi connectivity index (χ1n) is 10.5. The fourth-order valence-corrected chi connectivity index (χ4v) is 5.60. The van der Waals surface area contributed by atoms with Gasteiger partial charge in [0.05, 0.1) is 29.9 Å². The Morgan fingerprint density at radius 2 is 2.00 bits per heavy atom. The molecule has 31 heavy (non-hydrogen) atoms. The zero-order valence-corrected chi connectivity index (χ0v) is 18.5. The molecular weight excluding hydrogens is 423 g/mol.